The van der Waals surface area contributed by atoms with Crippen molar-refractivity contribution < 1.29 is 4.21 Å². The Hall–Kier alpha value is -2.43. The highest BCUT2D eigenvalue weighted by atomic mass is 32.2. The minimum absolute atomic E-state index is 0.884. The monoisotopic (exact) mass is 404 g/mol. The number of para-hydroxylation sites is 1. The molecule has 3 nitrogen and oxygen atoms in total. The first-order chi connectivity index (χ1) is 14.1. The summed E-state index contributed by atoms with van der Waals surface area (Å²) in [5, 5.41) is 3.55. The summed E-state index contributed by atoms with van der Waals surface area (Å²) in [5.74, 6) is 0. The van der Waals surface area contributed by atoms with Crippen molar-refractivity contribution in [3.05, 3.63) is 82.9 Å². The molecule has 0 spiro atoms. The van der Waals surface area contributed by atoms with E-state index in [4.69, 9.17) is 0 Å². The van der Waals surface area contributed by atoms with Gasteiger partial charge in [0.25, 0.3) is 0 Å². The number of hydrogen-bond acceptors (Lipinski definition) is 3. The Morgan fingerprint density at radius 1 is 0.897 bits per heavy atom. The SMILES string of the molecule is Cc1cc2c(c(C)c1C)N(CCCNCc1ccccc1)c1ccccc1S2=O. The second-order valence-corrected chi connectivity index (χ2v) is 9.11. The summed E-state index contributed by atoms with van der Waals surface area (Å²) in [7, 11) is -1.13. The minimum Gasteiger partial charge on any atom is -0.339 e. The van der Waals surface area contributed by atoms with E-state index in [-0.39, 0.29) is 0 Å². The Balaban J connectivity index is 1.56. The number of nitrogens with one attached hydrogen (secondary N) is 1. The highest BCUT2D eigenvalue weighted by molar-refractivity contribution is 7.85. The molecule has 0 radical (unpaired) electrons. The van der Waals surface area contributed by atoms with Crippen LogP contribution in [0.1, 0.15) is 28.7 Å². The fourth-order valence-corrected chi connectivity index (χ4v) is 5.54. The third-order valence-corrected chi connectivity index (χ3v) is 7.28. The van der Waals surface area contributed by atoms with Gasteiger partial charge in [0.05, 0.1) is 32.0 Å². The first kappa shape index (κ1) is 19.9. The lowest BCUT2D eigenvalue weighted by molar-refractivity contribution is 0.646. The van der Waals surface area contributed by atoms with Crippen LogP contribution in [-0.2, 0) is 17.3 Å². The summed E-state index contributed by atoms with van der Waals surface area (Å²) in [6.07, 6.45) is 1.01. The van der Waals surface area contributed by atoms with E-state index in [0.29, 0.717) is 0 Å². The number of nitrogens with zero attached hydrogens (tertiary/aromatic N) is 1. The van der Waals surface area contributed by atoms with Crippen molar-refractivity contribution in [1.29, 1.82) is 0 Å². The van der Waals surface area contributed by atoms with Gasteiger partial charge >= 0.3 is 0 Å². The fraction of sp³-hybridized carbons (Fsp3) is 0.280. The van der Waals surface area contributed by atoms with Crippen LogP contribution in [0.25, 0.3) is 0 Å². The molecule has 1 aliphatic heterocycles. The van der Waals surface area contributed by atoms with E-state index in [2.05, 4.69) is 67.4 Å². The molecule has 0 saturated heterocycles. The molecule has 1 heterocycles. The van der Waals surface area contributed by atoms with Crippen LogP contribution in [0, 0.1) is 20.8 Å². The molecule has 0 aliphatic carbocycles. The van der Waals surface area contributed by atoms with Crippen LogP contribution < -0.4 is 10.2 Å². The summed E-state index contributed by atoms with van der Waals surface area (Å²) in [5.41, 5.74) is 7.24. The summed E-state index contributed by atoms with van der Waals surface area (Å²) >= 11 is 0. The zero-order valence-corrected chi connectivity index (χ0v) is 18.2. The molecular formula is C25H28N2OS. The lowest BCUT2D eigenvalue weighted by atomic mass is 10.0. The molecule has 3 aromatic carbocycles. The first-order valence-corrected chi connectivity index (χ1v) is 11.4. The number of benzene rings is 3. The number of hydrogen-bond donors (Lipinski definition) is 1. The van der Waals surface area contributed by atoms with Crippen LogP contribution in [0.15, 0.2) is 70.5 Å². The maximum absolute atomic E-state index is 13.3. The number of aryl methyl sites for hydroxylation is 1. The van der Waals surface area contributed by atoms with E-state index in [1.165, 1.54) is 22.3 Å². The van der Waals surface area contributed by atoms with Gasteiger partial charge in [0, 0.05) is 13.1 Å². The van der Waals surface area contributed by atoms with Crippen molar-refractivity contribution in [1.82, 2.24) is 5.32 Å². The fourth-order valence-electron chi connectivity index (χ4n) is 4.01. The van der Waals surface area contributed by atoms with Crippen LogP contribution in [0.2, 0.25) is 0 Å². The van der Waals surface area contributed by atoms with E-state index in [1.807, 2.05) is 24.3 Å². The number of rotatable bonds is 6. The molecule has 29 heavy (non-hydrogen) atoms. The summed E-state index contributed by atoms with van der Waals surface area (Å²) in [6, 6.07) is 20.7. The van der Waals surface area contributed by atoms with Gasteiger partial charge in [0.2, 0.25) is 0 Å². The molecule has 1 aliphatic rings. The Bertz CT molecular complexity index is 1050. The van der Waals surface area contributed by atoms with Crippen molar-refractivity contribution in [2.24, 2.45) is 0 Å². The third-order valence-electron chi connectivity index (χ3n) is 5.82. The maximum Gasteiger partial charge on any atom is 0.0892 e. The van der Waals surface area contributed by atoms with Crippen LogP contribution in [0.3, 0.4) is 0 Å². The van der Waals surface area contributed by atoms with Crippen molar-refractivity contribution in [3.63, 3.8) is 0 Å². The van der Waals surface area contributed by atoms with Crippen LogP contribution >= 0.6 is 0 Å². The van der Waals surface area contributed by atoms with E-state index in [1.54, 1.807) is 0 Å². The molecular weight excluding hydrogens is 376 g/mol. The minimum atomic E-state index is -1.13. The topological polar surface area (TPSA) is 32.3 Å². The van der Waals surface area contributed by atoms with Crippen LogP contribution in [0.5, 0.6) is 0 Å². The molecule has 0 saturated carbocycles. The Morgan fingerprint density at radius 3 is 2.41 bits per heavy atom. The zero-order chi connectivity index (χ0) is 20.4. The van der Waals surface area contributed by atoms with Gasteiger partial charge in [0.15, 0.2) is 0 Å². The largest absolute Gasteiger partial charge is 0.339 e. The average molecular weight is 405 g/mol. The van der Waals surface area contributed by atoms with Crippen molar-refractivity contribution >= 4 is 22.2 Å². The van der Waals surface area contributed by atoms with E-state index >= 15 is 0 Å². The smallest absolute Gasteiger partial charge is 0.0892 e. The Morgan fingerprint density at radius 2 is 1.62 bits per heavy atom. The lowest BCUT2D eigenvalue weighted by Gasteiger charge is -2.35. The highest BCUT2D eigenvalue weighted by Crippen LogP contribution is 2.45. The van der Waals surface area contributed by atoms with Crippen molar-refractivity contribution in [3.8, 4) is 0 Å². The standard InChI is InChI=1S/C25H28N2OS/c1-18-16-24-25(20(3)19(18)2)27(22-12-7-8-13-23(22)29(24)28)15-9-14-26-17-21-10-5-4-6-11-21/h4-8,10-13,16,26H,9,14-15,17H2,1-3H3. The van der Waals surface area contributed by atoms with Crippen molar-refractivity contribution in [2.45, 2.75) is 43.5 Å². The van der Waals surface area contributed by atoms with Gasteiger partial charge in [0.1, 0.15) is 0 Å². The van der Waals surface area contributed by atoms with Gasteiger partial charge in [-0.1, -0.05) is 42.5 Å². The van der Waals surface area contributed by atoms with Gasteiger partial charge < -0.3 is 10.2 Å². The molecule has 4 rings (SSSR count). The molecule has 0 bridgehead atoms. The predicted molar refractivity (Wildman–Crippen MR) is 122 cm³/mol. The highest BCUT2D eigenvalue weighted by Gasteiger charge is 2.30. The van der Waals surface area contributed by atoms with Gasteiger partial charge in [-0.05, 0) is 74.2 Å². The molecule has 150 valence electrons. The van der Waals surface area contributed by atoms with Crippen molar-refractivity contribution in [2.75, 3.05) is 18.0 Å². The van der Waals surface area contributed by atoms with E-state index in [9.17, 15) is 4.21 Å². The van der Waals surface area contributed by atoms with E-state index in [0.717, 1.165) is 47.2 Å². The summed E-state index contributed by atoms with van der Waals surface area (Å²) < 4.78 is 13.3. The molecule has 0 amide bonds. The van der Waals surface area contributed by atoms with Gasteiger partial charge in [-0.15, -0.1) is 0 Å². The quantitative estimate of drug-likeness (QED) is 0.558. The Labute approximate surface area is 176 Å². The second kappa shape index (κ2) is 8.52. The summed E-state index contributed by atoms with van der Waals surface area (Å²) in [4.78, 5) is 4.24. The average Bonchev–Trinajstić information content (AvgIpc) is 2.75. The molecule has 1 unspecified atom stereocenters. The van der Waals surface area contributed by atoms with Gasteiger partial charge in [-0.3, -0.25) is 0 Å². The molecule has 3 aromatic rings. The number of anilines is 2. The molecule has 0 aromatic heterocycles. The first-order valence-electron chi connectivity index (χ1n) is 10.2. The zero-order valence-electron chi connectivity index (χ0n) is 17.4. The van der Waals surface area contributed by atoms with Crippen LogP contribution in [0.4, 0.5) is 11.4 Å². The van der Waals surface area contributed by atoms with E-state index < -0.39 is 10.8 Å². The van der Waals surface area contributed by atoms with Gasteiger partial charge in [-0.2, -0.15) is 0 Å². The second-order valence-electron chi connectivity index (χ2n) is 7.69. The molecule has 4 heteroatoms. The molecule has 1 N–H and O–H groups in total. The predicted octanol–water partition coefficient (Wildman–Crippen LogP) is 5.41. The normalized spacial score (nSPS) is 15.1. The summed E-state index contributed by atoms with van der Waals surface area (Å²) in [6.45, 7) is 9.15. The number of fused-ring (bicyclic) bond motifs is 2. The molecule has 0 fully saturated rings. The van der Waals surface area contributed by atoms with Crippen LogP contribution in [-0.4, -0.2) is 17.3 Å². The Kier molecular flexibility index (Phi) is 5.84. The lowest BCUT2D eigenvalue weighted by Crippen LogP contribution is -2.28. The maximum atomic E-state index is 13.3. The van der Waals surface area contributed by atoms with Gasteiger partial charge in [-0.25, -0.2) is 4.21 Å². The molecule has 1 atom stereocenters. The third kappa shape index (κ3) is 3.87.